The molecule has 0 radical (unpaired) electrons. The second-order valence-electron chi connectivity index (χ2n) is 7.91. The normalized spacial score (nSPS) is 16.5. The predicted octanol–water partition coefficient (Wildman–Crippen LogP) is 4.58. The third-order valence-corrected chi connectivity index (χ3v) is 7.58. The van der Waals surface area contributed by atoms with E-state index in [2.05, 4.69) is 27.9 Å². The summed E-state index contributed by atoms with van der Waals surface area (Å²) in [5.41, 5.74) is 6.24. The molecule has 0 aliphatic carbocycles. The maximum Gasteiger partial charge on any atom is 0.222 e. The topological polar surface area (TPSA) is 71.9 Å². The van der Waals surface area contributed by atoms with Gasteiger partial charge in [-0.15, -0.1) is 11.3 Å². The summed E-state index contributed by atoms with van der Waals surface area (Å²) in [5, 5.41) is 0.786. The molecule has 31 heavy (non-hydrogen) atoms. The van der Waals surface area contributed by atoms with E-state index in [0.717, 1.165) is 65.8 Å². The van der Waals surface area contributed by atoms with Crippen molar-refractivity contribution in [3.63, 3.8) is 0 Å². The van der Waals surface area contributed by atoms with E-state index in [1.807, 2.05) is 35.8 Å². The van der Waals surface area contributed by atoms with Gasteiger partial charge in [-0.05, 0) is 50.3 Å². The molecule has 1 aliphatic heterocycles. The van der Waals surface area contributed by atoms with Gasteiger partial charge in [0.05, 0.1) is 16.9 Å². The maximum absolute atomic E-state index is 12.9. The standard InChI is InChI=1S/C23H27N5OS2/c1-16-11-25-23(30-14-18-5-3-9-24-12-18)27-22(16)19-6-4-10-28(13-19)21(29)8-7-20-17(2)26-15-31-20/h3,5,9,11-12,15,19H,4,6-8,10,13-14H2,1-2H3/t19-/m1/s1. The lowest BCUT2D eigenvalue weighted by Gasteiger charge is -2.33. The Kier molecular flexibility index (Phi) is 7.29. The molecule has 8 heteroatoms. The number of hydrogen-bond acceptors (Lipinski definition) is 7. The summed E-state index contributed by atoms with van der Waals surface area (Å²) in [6, 6.07) is 4.01. The largest absolute Gasteiger partial charge is 0.342 e. The molecule has 1 fully saturated rings. The summed E-state index contributed by atoms with van der Waals surface area (Å²) in [4.78, 5) is 34.0. The van der Waals surface area contributed by atoms with E-state index in [4.69, 9.17) is 4.98 Å². The molecule has 1 saturated heterocycles. The first-order valence-electron chi connectivity index (χ1n) is 10.6. The number of aromatic nitrogens is 4. The summed E-state index contributed by atoms with van der Waals surface area (Å²) < 4.78 is 0. The van der Waals surface area contributed by atoms with Crippen LogP contribution in [0, 0.1) is 13.8 Å². The predicted molar refractivity (Wildman–Crippen MR) is 124 cm³/mol. The van der Waals surface area contributed by atoms with Crippen LogP contribution in [0.3, 0.4) is 0 Å². The maximum atomic E-state index is 12.9. The summed E-state index contributed by atoms with van der Waals surface area (Å²) in [7, 11) is 0. The molecule has 6 nitrogen and oxygen atoms in total. The number of thioether (sulfide) groups is 1. The zero-order valence-corrected chi connectivity index (χ0v) is 19.6. The number of carbonyl (C=O) groups excluding carboxylic acids is 1. The SMILES string of the molecule is Cc1cnc(SCc2cccnc2)nc1[C@@H]1CCCN(C(=O)CCc2scnc2C)C1. The van der Waals surface area contributed by atoms with E-state index >= 15 is 0 Å². The second-order valence-corrected chi connectivity index (χ2v) is 9.79. The molecule has 1 aliphatic rings. The quantitative estimate of drug-likeness (QED) is 0.385. The van der Waals surface area contributed by atoms with Crippen LogP contribution in [0.5, 0.6) is 0 Å². The number of piperidine rings is 1. The molecule has 162 valence electrons. The number of nitrogens with zero attached hydrogens (tertiary/aromatic N) is 5. The lowest BCUT2D eigenvalue weighted by atomic mass is 9.92. The van der Waals surface area contributed by atoms with Crippen molar-refractivity contribution >= 4 is 29.0 Å². The molecule has 0 unspecified atom stereocenters. The minimum atomic E-state index is 0.232. The molecule has 1 amide bonds. The van der Waals surface area contributed by atoms with Gasteiger partial charge in [-0.1, -0.05) is 17.8 Å². The Balaban J connectivity index is 1.39. The molecular formula is C23H27N5OS2. The Morgan fingerprint density at radius 1 is 1.29 bits per heavy atom. The molecule has 3 aromatic rings. The molecule has 0 aromatic carbocycles. The van der Waals surface area contributed by atoms with Crippen LogP contribution in [0.25, 0.3) is 0 Å². The van der Waals surface area contributed by atoms with Crippen molar-refractivity contribution in [3.8, 4) is 0 Å². The second kappa shape index (κ2) is 10.3. The van der Waals surface area contributed by atoms with Crippen molar-refractivity contribution in [2.45, 2.75) is 56.4 Å². The van der Waals surface area contributed by atoms with E-state index in [0.29, 0.717) is 6.42 Å². The van der Waals surface area contributed by atoms with Crippen molar-refractivity contribution in [3.05, 3.63) is 63.6 Å². The number of pyridine rings is 1. The van der Waals surface area contributed by atoms with Gasteiger partial charge in [-0.25, -0.2) is 15.0 Å². The van der Waals surface area contributed by atoms with Crippen LogP contribution in [-0.2, 0) is 17.0 Å². The fraction of sp³-hybridized carbons (Fsp3) is 0.435. The van der Waals surface area contributed by atoms with Gasteiger partial charge < -0.3 is 4.90 Å². The Morgan fingerprint density at radius 2 is 2.19 bits per heavy atom. The van der Waals surface area contributed by atoms with E-state index < -0.39 is 0 Å². The fourth-order valence-corrected chi connectivity index (χ4v) is 5.46. The number of hydrogen-bond donors (Lipinski definition) is 0. The zero-order valence-electron chi connectivity index (χ0n) is 18.0. The van der Waals surface area contributed by atoms with Crippen molar-refractivity contribution in [2.75, 3.05) is 13.1 Å². The van der Waals surface area contributed by atoms with Gasteiger partial charge in [-0.3, -0.25) is 9.78 Å². The van der Waals surface area contributed by atoms with Gasteiger partial charge in [0.1, 0.15) is 0 Å². The molecule has 0 spiro atoms. The van der Waals surface area contributed by atoms with E-state index in [1.54, 1.807) is 29.3 Å². The van der Waals surface area contributed by atoms with Crippen molar-refractivity contribution in [2.24, 2.45) is 0 Å². The number of amides is 1. The van der Waals surface area contributed by atoms with E-state index in [9.17, 15) is 4.79 Å². The van der Waals surface area contributed by atoms with E-state index in [1.165, 1.54) is 4.88 Å². The highest BCUT2D eigenvalue weighted by atomic mass is 32.2. The molecule has 4 heterocycles. The smallest absolute Gasteiger partial charge is 0.222 e. The van der Waals surface area contributed by atoms with Gasteiger partial charge in [-0.2, -0.15) is 0 Å². The Hall–Kier alpha value is -2.32. The first-order valence-corrected chi connectivity index (χ1v) is 12.5. The summed E-state index contributed by atoms with van der Waals surface area (Å²) in [6.07, 6.45) is 8.97. The fourth-order valence-electron chi connectivity index (χ4n) is 3.92. The number of thiazole rings is 1. The Morgan fingerprint density at radius 3 is 2.97 bits per heavy atom. The highest BCUT2D eigenvalue weighted by molar-refractivity contribution is 7.98. The average molecular weight is 454 g/mol. The Labute approximate surface area is 191 Å². The minimum Gasteiger partial charge on any atom is -0.342 e. The number of likely N-dealkylation sites (tertiary alicyclic amines) is 1. The van der Waals surface area contributed by atoms with Crippen LogP contribution in [0.4, 0.5) is 0 Å². The number of carbonyl (C=O) groups is 1. The summed E-state index contributed by atoms with van der Waals surface area (Å²) in [6.45, 7) is 5.65. The van der Waals surface area contributed by atoms with E-state index in [-0.39, 0.29) is 11.8 Å². The highest BCUT2D eigenvalue weighted by Gasteiger charge is 2.27. The zero-order chi connectivity index (χ0) is 21.6. The molecule has 0 saturated carbocycles. The van der Waals surface area contributed by atoms with Gasteiger partial charge >= 0.3 is 0 Å². The highest BCUT2D eigenvalue weighted by Crippen LogP contribution is 2.30. The monoisotopic (exact) mass is 453 g/mol. The van der Waals surface area contributed by atoms with Gasteiger partial charge in [0.25, 0.3) is 0 Å². The van der Waals surface area contributed by atoms with Gasteiger partial charge in [0.15, 0.2) is 5.16 Å². The van der Waals surface area contributed by atoms with Gasteiger partial charge in [0, 0.05) is 54.6 Å². The molecule has 0 bridgehead atoms. The van der Waals surface area contributed by atoms with Crippen molar-refractivity contribution in [1.29, 1.82) is 0 Å². The van der Waals surface area contributed by atoms with Crippen LogP contribution < -0.4 is 0 Å². The number of rotatable bonds is 7. The summed E-state index contributed by atoms with van der Waals surface area (Å²) >= 11 is 3.26. The van der Waals surface area contributed by atoms with Crippen LogP contribution in [0.15, 0.2) is 41.4 Å². The lowest BCUT2D eigenvalue weighted by Crippen LogP contribution is -2.39. The summed E-state index contributed by atoms with van der Waals surface area (Å²) in [5.74, 6) is 1.29. The molecular weight excluding hydrogens is 426 g/mol. The third-order valence-electron chi connectivity index (χ3n) is 5.65. The minimum absolute atomic E-state index is 0.232. The van der Waals surface area contributed by atoms with Crippen molar-refractivity contribution in [1.82, 2.24) is 24.8 Å². The molecule has 1 atom stereocenters. The average Bonchev–Trinajstić information content (AvgIpc) is 3.22. The first-order chi connectivity index (χ1) is 15.1. The first kappa shape index (κ1) is 21.9. The van der Waals surface area contributed by atoms with Gasteiger partial charge in [0.2, 0.25) is 5.91 Å². The molecule has 4 rings (SSSR count). The molecule has 3 aromatic heterocycles. The lowest BCUT2D eigenvalue weighted by molar-refractivity contribution is -0.132. The van der Waals surface area contributed by atoms with Crippen LogP contribution in [0.1, 0.15) is 52.6 Å². The van der Waals surface area contributed by atoms with Crippen LogP contribution in [0.2, 0.25) is 0 Å². The van der Waals surface area contributed by atoms with Crippen LogP contribution >= 0.6 is 23.1 Å². The third kappa shape index (κ3) is 5.68. The van der Waals surface area contributed by atoms with Crippen LogP contribution in [-0.4, -0.2) is 43.8 Å². The Bertz CT molecular complexity index is 1020. The molecule has 0 N–H and O–H groups in total. The number of aryl methyl sites for hydroxylation is 3. The van der Waals surface area contributed by atoms with Crippen molar-refractivity contribution < 1.29 is 4.79 Å².